The number of hydrogen-bond acceptors (Lipinski definition) is 4. The zero-order valence-electron chi connectivity index (χ0n) is 9.10. The van der Waals surface area contributed by atoms with E-state index < -0.39 is 0 Å². The first-order valence-electron chi connectivity index (χ1n) is 4.95. The summed E-state index contributed by atoms with van der Waals surface area (Å²) in [7, 11) is 0. The highest BCUT2D eigenvalue weighted by molar-refractivity contribution is 5.96. The van der Waals surface area contributed by atoms with Gasteiger partial charge in [-0.15, -0.1) is 0 Å². The second-order valence-electron chi connectivity index (χ2n) is 3.60. The van der Waals surface area contributed by atoms with E-state index in [0.29, 0.717) is 11.4 Å². The monoisotopic (exact) mass is 224 g/mol. The number of nitrogens with zero attached hydrogens (tertiary/aromatic N) is 2. The molecule has 0 saturated heterocycles. The van der Waals surface area contributed by atoms with Gasteiger partial charge in [0.05, 0.1) is 11.4 Å². The van der Waals surface area contributed by atoms with Gasteiger partial charge in [0.2, 0.25) is 12.2 Å². The van der Waals surface area contributed by atoms with Crippen molar-refractivity contribution in [3.63, 3.8) is 0 Å². The number of benzene rings is 2. The Morgan fingerprint density at radius 1 is 1.00 bits per heavy atom. The van der Waals surface area contributed by atoms with Gasteiger partial charge in [-0.25, -0.2) is 9.59 Å². The number of aryl methyl sites for hydroxylation is 1. The highest BCUT2D eigenvalue weighted by Gasteiger charge is 2.03. The van der Waals surface area contributed by atoms with Crippen LogP contribution in [0.1, 0.15) is 5.56 Å². The predicted octanol–water partition coefficient (Wildman–Crippen LogP) is 3.08. The van der Waals surface area contributed by atoms with E-state index in [4.69, 9.17) is 0 Å². The van der Waals surface area contributed by atoms with Crippen molar-refractivity contribution in [1.82, 2.24) is 0 Å². The average molecular weight is 224 g/mol. The summed E-state index contributed by atoms with van der Waals surface area (Å²) in [6, 6.07) is 9.03. The smallest absolute Gasteiger partial charge is 0.211 e. The summed E-state index contributed by atoms with van der Waals surface area (Å²) in [6.45, 7) is 1.96. The van der Waals surface area contributed by atoms with Crippen LogP contribution in [-0.4, -0.2) is 12.2 Å². The maximum Gasteiger partial charge on any atom is 0.240 e. The average Bonchev–Trinajstić information content (AvgIpc) is 2.29. The van der Waals surface area contributed by atoms with E-state index in [1.165, 1.54) is 12.2 Å². The van der Waals surface area contributed by atoms with Gasteiger partial charge in [-0.2, -0.15) is 9.98 Å². The number of rotatable bonds is 2. The Labute approximate surface area is 97.3 Å². The zero-order chi connectivity index (χ0) is 12.3. The molecule has 0 bridgehead atoms. The number of aliphatic imine (C=N–C) groups is 2. The molecule has 0 fully saturated rings. The zero-order valence-corrected chi connectivity index (χ0v) is 9.10. The molecular weight excluding hydrogens is 216 g/mol. The van der Waals surface area contributed by atoms with Gasteiger partial charge in [0.25, 0.3) is 0 Å². The fraction of sp³-hybridized carbons (Fsp3) is 0.0769. The summed E-state index contributed by atoms with van der Waals surface area (Å²) in [5.41, 5.74) is 1.95. The maximum absolute atomic E-state index is 10.4. The van der Waals surface area contributed by atoms with E-state index in [9.17, 15) is 9.59 Å². The second kappa shape index (κ2) is 4.54. The molecule has 0 aliphatic carbocycles. The van der Waals surface area contributed by atoms with Gasteiger partial charge in [0.1, 0.15) is 0 Å². The molecule has 0 radical (unpaired) electrons. The van der Waals surface area contributed by atoms with Gasteiger partial charge in [0.15, 0.2) is 0 Å². The Kier molecular flexibility index (Phi) is 2.93. The number of hydrogen-bond donors (Lipinski definition) is 0. The van der Waals surface area contributed by atoms with Gasteiger partial charge in [-0.3, -0.25) is 0 Å². The van der Waals surface area contributed by atoms with Crippen LogP contribution >= 0.6 is 0 Å². The summed E-state index contributed by atoms with van der Waals surface area (Å²) in [6.07, 6.45) is 2.96. The fourth-order valence-corrected chi connectivity index (χ4v) is 1.71. The van der Waals surface area contributed by atoms with Crippen molar-refractivity contribution >= 4 is 34.3 Å². The first kappa shape index (κ1) is 11.0. The van der Waals surface area contributed by atoms with Crippen LogP contribution in [0.5, 0.6) is 0 Å². The van der Waals surface area contributed by atoms with Crippen LogP contribution in [-0.2, 0) is 9.59 Å². The molecule has 17 heavy (non-hydrogen) atoms. The summed E-state index contributed by atoms with van der Waals surface area (Å²) in [5, 5.41) is 1.69. The Balaban J connectivity index is 2.84. The maximum atomic E-state index is 10.4. The van der Waals surface area contributed by atoms with Gasteiger partial charge in [-0.1, -0.05) is 23.8 Å². The Morgan fingerprint density at radius 2 is 1.76 bits per heavy atom. The van der Waals surface area contributed by atoms with Crippen LogP contribution < -0.4 is 0 Å². The largest absolute Gasteiger partial charge is 0.240 e. The van der Waals surface area contributed by atoms with Crippen LogP contribution in [0.2, 0.25) is 0 Å². The van der Waals surface area contributed by atoms with Crippen LogP contribution in [0.4, 0.5) is 11.4 Å². The molecule has 0 N–H and O–H groups in total. The molecule has 2 aromatic carbocycles. The predicted molar refractivity (Wildman–Crippen MR) is 64.2 cm³/mol. The normalized spacial score (nSPS) is 9.47. The summed E-state index contributed by atoms with van der Waals surface area (Å²) >= 11 is 0. The number of carbonyl (C=O) groups excluding carboxylic acids is 2. The topological polar surface area (TPSA) is 58.9 Å². The molecule has 0 amide bonds. The molecule has 2 rings (SSSR count). The molecular formula is C13H8N2O2. The van der Waals surface area contributed by atoms with Crippen molar-refractivity contribution in [2.24, 2.45) is 9.98 Å². The summed E-state index contributed by atoms with van der Waals surface area (Å²) in [4.78, 5) is 27.7. The Bertz CT molecular complexity index is 679. The van der Waals surface area contributed by atoms with E-state index >= 15 is 0 Å². The molecule has 4 nitrogen and oxygen atoms in total. The van der Waals surface area contributed by atoms with E-state index in [-0.39, 0.29) is 0 Å². The van der Waals surface area contributed by atoms with Crippen molar-refractivity contribution in [2.75, 3.05) is 0 Å². The Hall–Kier alpha value is -2.54. The third kappa shape index (κ3) is 2.18. The van der Waals surface area contributed by atoms with Crippen molar-refractivity contribution in [1.29, 1.82) is 0 Å². The molecule has 0 unspecified atom stereocenters. The van der Waals surface area contributed by atoms with Gasteiger partial charge in [-0.05, 0) is 24.4 Å². The fourth-order valence-electron chi connectivity index (χ4n) is 1.71. The lowest BCUT2D eigenvalue weighted by molar-refractivity contribution is 0.565. The minimum Gasteiger partial charge on any atom is -0.211 e. The number of isocyanates is 2. The van der Waals surface area contributed by atoms with Crippen molar-refractivity contribution in [2.45, 2.75) is 6.92 Å². The SMILES string of the molecule is Cc1ccc2c(N=C=O)cc(N=C=O)cc2c1. The van der Waals surface area contributed by atoms with E-state index in [1.807, 2.05) is 25.1 Å². The minimum absolute atomic E-state index is 0.423. The highest BCUT2D eigenvalue weighted by Crippen LogP contribution is 2.31. The first-order valence-corrected chi connectivity index (χ1v) is 4.95. The van der Waals surface area contributed by atoms with Crippen molar-refractivity contribution in [3.8, 4) is 0 Å². The minimum atomic E-state index is 0.423. The van der Waals surface area contributed by atoms with Crippen LogP contribution in [0.25, 0.3) is 10.8 Å². The Morgan fingerprint density at radius 3 is 2.47 bits per heavy atom. The van der Waals surface area contributed by atoms with E-state index in [1.54, 1.807) is 12.1 Å². The van der Waals surface area contributed by atoms with E-state index in [2.05, 4.69) is 9.98 Å². The summed E-state index contributed by atoms with van der Waals surface area (Å²) in [5.74, 6) is 0. The third-order valence-electron chi connectivity index (χ3n) is 2.41. The molecule has 0 aromatic heterocycles. The molecule has 0 atom stereocenters. The highest BCUT2D eigenvalue weighted by atomic mass is 16.1. The molecule has 0 saturated carbocycles. The van der Waals surface area contributed by atoms with Crippen molar-refractivity contribution in [3.05, 3.63) is 35.9 Å². The lowest BCUT2D eigenvalue weighted by Crippen LogP contribution is -1.77. The lowest BCUT2D eigenvalue weighted by atomic mass is 10.1. The van der Waals surface area contributed by atoms with Gasteiger partial charge >= 0.3 is 0 Å². The first-order chi connectivity index (χ1) is 8.24. The molecule has 82 valence electrons. The summed E-state index contributed by atoms with van der Waals surface area (Å²) < 4.78 is 0. The third-order valence-corrected chi connectivity index (χ3v) is 2.41. The molecule has 4 heteroatoms. The van der Waals surface area contributed by atoms with Gasteiger partial charge in [0, 0.05) is 5.39 Å². The van der Waals surface area contributed by atoms with Crippen LogP contribution in [0, 0.1) is 6.92 Å². The number of fused-ring (bicyclic) bond motifs is 1. The van der Waals surface area contributed by atoms with E-state index in [0.717, 1.165) is 16.3 Å². The standard InChI is InChI=1S/C13H8N2O2/c1-9-2-3-12-10(4-9)5-11(14-7-16)6-13(12)15-8-17/h2-6H,1H3. The lowest BCUT2D eigenvalue weighted by Gasteiger charge is -2.03. The quantitative estimate of drug-likeness (QED) is 0.581. The molecule has 0 spiro atoms. The molecule has 0 aliphatic rings. The van der Waals surface area contributed by atoms with Gasteiger partial charge < -0.3 is 0 Å². The molecule has 0 aliphatic heterocycles. The van der Waals surface area contributed by atoms with Crippen LogP contribution in [0.15, 0.2) is 40.3 Å². The second-order valence-corrected chi connectivity index (χ2v) is 3.60. The van der Waals surface area contributed by atoms with Crippen LogP contribution in [0.3, 0.4) is 0 Å². The molecule has 2 aromatic rings. The van der Waals surface area contributed by atoms with Crippen molar-refractivity contribution < 1.29 is 9.59 Å². The molecule has 0 heterocycles.